The number of carbonyl (C=O) groups is 3. The van der Waals surface area contributed by atoms with E-state index in [2.05, 4.69) is 5.32 Å². The van der Waals surface area contributed by atoms with Crippen molar-refractivity contribution in [3.05, 3.63) is 59.9 Å². The van der Waals surface area contributed by atoms with E-state index in [4.69, 9.17) is 4.74 Å². The summed E-state index contributed by atoms with van der Waals surface area (Å²) in [4.78, 5) is 40.9. The lowest BCUT2D eigenvalue weighted by Gasteiger charge is -2.36. The van der Waals surface area contributed by atoms with E-state index in [0.717, 1.165) is 4.90 Å². The zero-order valence-electron chi connectivity index (χ0n) is 15.1. The maximum absolute atomic E-state index is 13.2. The number of likely N-dealkylation sites (tertiary alicyclic amines) is 1. The summed E-state index contributed by atoms with van der Waals surface area (Å²) >= 11 is 0. The molecule has 4 rings (SSSR count). The number of ether oxygens (including phenoxy) is 1. The molecule has 0 spiro atoms. The predicted molar refractivity (Wildman–Crippen MR) is 98.6 cm³/mol. The minimum Gasteiger partial charge on any atom is -0.497 e. The first kappa shape index (κ1) is 18.0. The molecule has 2 aromatic carbocycles. The molecule has 2 atom stereocenters. The van der Waals surface area contributed by atoms with E-state index in [0.29, 0.717) is 24.3 Å². The van der Waals surface area contributed by atoms with E-state index in [1.54, 1.807) is 24.3 Å². The van der Waals surface area contributed by atoms with Gasteiger partial charge in [0.15, 0.2) is 0 Å². The van der Waals surface area contributed by atoms with Crippen LogP contribution in [0.25, 0.3) is 0 Å². The largest absolute Gasteiger partial charge is 0.497 e. The molecule has 2 fully saturated rings. The molecular weight excluding hydrogens is 365 g/mol. The van der Waals surface area contributed by atoms with Crippen LogP contribution in [0.3, 0.4) is 0 Å². The predicted octanol–water partition coefficient (Wildman–Crippen LogP) is 2.17. The second-order valence-corrected chi connectivity index (χ2v) is 6.67. The lowest BCUT2D eigenvalue weighted by Crippen LogP contribution is -2.65. The Morgan fingerprint density at radius 3 is 2.43 bits per heavy atom. The van der Waals surface area contributed by atoms with Gasteiger partial charge in [-0.1, -0.05) is 0 Å². The summed E-state index contributed by atoms with van der Waals surface area (Å²) < 4.78 is 18.3. The van der Waals surface area contributed by atoms with Crippen LogP contribution in [0.15, 0.2) is 48.5 Å². The van der Waals surface area contributed by atoms with Gasteiger partial charge in [0, 0.05) is 12.1 Å². The van der Waals surface area contributed by atoms with Crippen LogP contribution in [0.2, 0.25) is 0 Å². The third-order valence-electron chi connectivity index (χ3n) is 5.07. The van der Waals surface area contributed by atoms with Crippen LogP contribution in [0.5, 0.6) is 5.75 Å². The Bertz CT molecular complexity index is 929. The van der Waals surface area contributed by atoms with Crippen LogP contribution >= 0.6 is 0 Å². The first-order valence-electron chi connectivity index (χ1n) is 8.84. The minimum atomic E-state index is -0.808. The number of hydrogen-bond donors (Lipinski definition) is 1. The van der Waals surface area contributed by atoms with E-state index >= 15 is 0 Å². The van der Waals surface area contributed by atoms with E-state index < -0.39 is 29.8 Å². The third kappa shape index (κ3) is 2.96. The highest BCUT2D eigenvalue weighted by Gasteiger charge is 2.50. The Kier molecular flexibility index (Phi) is 4.46. The molecule has 2 aromatic rings. The second-order valence-electron chi connectivity index (χ2n) is 6.67. The molecule has 1 N–H and O–H groups in total. The molecule has 0 bridgehead atoms. The summed E-state index contributed by atoms with van der Waals surface area (Å²) in [5.74, 6) is -0.638. The van der Waals surface area contributed by atoms with Gasteiger partial charge < -0.3 is 15.0 Å². The topological polar surface area (TPSA) is 79.0 Å². The van der Waals surface area contributed by atoms with Crippen LogP contribution in [0, 0.1) is 5.82 Å². The fraction of sp³-hybridized carbons (Fsp3) is 0.250. The van der Waals surface area contributed by atoms with Crippen molar-refractivity contribution in [2.75, 3.05) is 18.6 Å². The number of anilines is 1. The molecule has 4 amide bonds. The Balaban J connectivity index is 1.62. The average molecular weight is 383 g/mol. The van der Waals surface area contributed by atoms with E-state index in [-0.39, 0.29) is 11.6 Å². The van der Waals surface area contributed by atoms with Crippen molar-refractivity contribution in [3.8, 4) is 5.75 Å². The summed E-state index contributed by atoms with van der Waals surface area (Å²) in [6.45, 7) is 0.351. The van der Waals surface area contributed by atoms with Gasteiger partial charge in [-0.3, -0.25) is 9.59 Å². The number of methoxy groups -OCH3 is 1. The molecule has 8 heteroatoms. The van der Waals surface area contributed by atoms with Crippen molar-refractivity contribution in [1.82, 2.24) is 10.2 Å². The van der Waals surface area contributed by atoms with Crippen LogP contribution < -0.4 is 15.0 Å². The molecule has 2 heterocycles. The van der Waals surface area contributed by atoms with Crippen LogP contribution in [0.4, 0.5) is 14.9 Å². The van der Waals surface area contributed by atoms with Crippen molar-refractivity contribution < 1.29 is 23.5 Å². The molecule has 144 valence electrons. The molecule has 0 aromatic heterocycles. The number of amides is 4. The number of urea groups is 1. The Hall–Kier alpha value is -3.42. The van der Waals surface area contributed by atoms with Gasteiger partial charge in [-0.15, -0.1) is 0 Å². The van der Waals surface area contributed by atoms with Crippen LogP contribution in [-0.2, 0) is 4.79 Å². The van der Waals surface area contributed by atoms with E-state index in [1.807, 2.05) is 0 Å². The van der Waals surface area contributed by atoms with Gasteiger partial charge >= 0.3 is 6.03 Å². The van der Waals surface area contributed by atoms with Gasteiger partial charge in [0.2, 0.25) is 0 Å². The first-order chi connectivity index (χ1) is 13.5. The number of nitrogens with one attached hydrogen (secondary N) is 1. The van der Waals surface area contributed by atoms with Gasteiger partial charge in [-0.2, -0.15) is 0 Å². The summed E-state index contributed by atoms with van der Waals surface area (Å²) in [5.41, 5.74) is 0.686. The maximum atomic E-state index is 13.2. The van der Waals surface area contributed by atoms with Crippen molar-refractivity contribution in [2.24, 2.45) is 0 Å². The second kappa shape index (κ2) is 6.95. The lowest BCUT2D eigenvalue weighted by molar-refractivity contribution is -0.122. The molecule has 7 nitrogen and oxygen atoms in total. The fourth-order valence-corrected chi connectivity index (χ4v) is 3.67. The number of hydrogen-bond acceptors (Lipinski definition) is 4. The molecule has 0 aliphatic carbocycles. The van der Waals surface area contributed by atoms with Gasteiger partial charge in [-0.25, -0.2) is 14.1 Å². The standard InChI is InChI=1S/C20H18FN3O4/c1-28-15-8-2-12(3-9-15)18(25)23-11-10-16-17(23)19(26)24(20(27)22-16)14-6-4-13(21)5-7-14/h2-9,16-17H,10-11H2,1H3,(H,22,27)/t16-,17+/m1/s1. The molecule has 2 aliphatic heterocycles. The monoisotopic (exact) mass is 383 g/mol. The van der Waals surface area contributed by atoms with Gasteiger partial charge in [0.1, 0.15) is 17.6 Å². The molecule has 2 saturated heterocycles. The summed E-state index contributed by atoms with van der Waals surface area (Å²) in [7, 11) is 1.54. The molecule has 0 saturated carbocycles. The number of imide groups is 1. The Labute approximate surface area is 160 Å². The normalized spacial score (nSPS) is 21.4. The fourth-order valence-electron chi connectivity index (χ4n) is 3.67. The highest BCUT2D eigenvalue weighted by molar-refractivity contribution is 6.19. The van der Waals surface area contributed by atoms with Crippen LogP contribution in [0.1, 0.15) is 16.8 Å². The molecule has 0 unspecified atom stereocenters. The van der Waals surface area contributed by atoms with Gasteiger partial charge in [0.25, 0.3) is 11.8 Å². The number of rotatable bonds is 3. The van der Waals surface area contributed by atoms with Crippen molar-refractivity contribution in [1.29, 1.82) is 0 Å². The number of carbonyl (C=O) groups excluding carboxylic acids is 3. The summed E-state index contributed by atoms with van der Waals surface area (Å²) in [6, 6.07) is 9.87. The number of benzene rings is 2. The lowest BCUT2D eigenvalue weighted by atomic mass is 10.0. The van der Waals surface area contributed by atoms with Gasteiger partial charge in [-0.05, 0) is 55.0 Å². The van der Waals surface area contributed by atoms with E-state index in [1.165, 1.54) is 36.3 Å². The maximum Gasteiger partial charge on any atom is 0.329 e. The molecule has 2 aliphatic rings. The SMILES string of the molecule is COc1ccc(C(=O)N2CC[C@H]3NC(=O)N(c4ccc(F)cc4)C(=O)[C@H]32)cc1. The van der Waals surface area contributed by atoms with Crippen molar-refractivity contribution in [2.45, 2.75) is 18.5 Å². The molecule has 0 radical (unpaired) electrons. The Morgan fingerprint density at radius 1 is 1.11 bits per heavy atom. The van der Waals surface area contributed by atoms with Gasteiger partial charge in [0.05, 0.1) is 18.8 Å². The highest BCUT2D eigenvalue weighted by Crippen LogP contribution is 2.29. The summed E-state index contributed by atoms with van der Waals surface area (Å²) in [6.07, 6.45) is 0.487. The zero-order chi connectivity index (χ0) is 19.8. The van der Waals surface area contributed by atoms with Crippen molar-refractivity contribution >= 4 is 23.5 Å². The smallest absolute Gasteiger partial charge is 0.329 e. The average Bonchev–Trinajstić information content (AvgIpc) is 3.13. The number of halogens is 1. The zero-order valence-corrected chi connectivity index (χ0v) is 15.1. The van der Waals surface area contributed by atoms with Crippen LogP contribution in [-0.4, -0.2) is 48.5 Å². The molecule has 28 heavy (non-hydrogen) atoms. The van der Waals surface area contributed by atoms with Crippen molar-refractivity contribution in [3.63, 3.8) is 0 Å². The highest BCUT2D eigenvalue weighted by atomic mass is 19.1. The molecular formula is C20H18FN3O4. The quantitative estimate of drug-likeness (QED) is 0.881. The Morgan fingerprint density at radius 2 is 1.79 bits per heavy atom. The summed E-state index contributed by atoms with van der Waals surface area (Å²) in [5, 5.41) is 2.78. The number of nitrogens with zero attached hydrogens (tertiary/aromatic N) is 2. The first-order valence-corrected chi connectivity index (χ1v) is 8.84. The van der Waals surface area contributed by atoms with E-state index in [9.17, 15) is 18.8 Å². The third-order valence-corrected chi connectivity index (χ3v) is 5.07. The number of fused-ring (bicyclic) bond motifs is 1. The minimum absolute atomic E-state index is 0.256.